The molecule has 3 nitrogen and oxygen atoms in total. The molecule has 0 spiro atoms. The first-order valence-electron chi connectivity index (χ1n) is 6.00. The highest BCUT2D eigenvalue weighted by molar-refractivity contribution is 4.87. The van der Waals surface area contributed by atoms with Crippen molar-refractivity contribution in [2.45, 2.75) is 50.6 Å². The Morgan fingerprint density at radius 3 is 2.53 bits per heavy atom. The molecule has 0 aromatic heterocycles. The molecule has 6 heteroatoms. The number of hydrogen-bond donors (Lipinski definition) is 1. The van der Waals surface area contributed by atoms with Gasteiger partial charge in [0.05, 0.1) is 6.10 Å². The average Bonchev–Trinajstić information content (AvgIpc) is 2.67. The van der Waals surface area contributed by atoms with Crippen LogP contribution in [0.25, 0.3) is 0 Å². The molecule has 1 heterocycles. The average molecular weight is 254 g/mol. The minimum absolute atomic E-state index is 0.0890. The summed E-state index contributed by atoms with van der Waals surface area (Å²) in [5.74, 6) is 0. The molecule has 0 aromatic carbocycles. The van der Waals surface area contributed by atoms with E-state index >= 15 is 0 Å². The van der Waals surface area contributed by atoms with E-state index in [4.69, 9.17) is 10.5 Å². The Morgan fingerprint density at radius 1 is 1.47 bits per heavy atom. The van der Waals surface area contributed by atoms with Crippen molar-refractivity contribution in [1.82, 2.24) is 4.90 Å². The van der Waals surface area contributed by atoms with Gasteiger partial charge in [0.25, 0.3) is 0 Å². The second-order valence-corrected chi connectivity index (χ2v) is 4.63. The van der Waals surface area contributed by atoms with Crippen molar-refractivity contribution in [2.75, 3.05) is 20.2 Å². The van der Waals surface area contributed by atoms with Crippen LogP contribution in [-0.4, -0.2) is 49.5 Å². The standard InChI is InChI=1S/C11H21F3N2O/c1-3-9(15)10(11(12,13)14)16(2)7-8-5-4-6-17-8/h8-10H,3-7,15H2,1-2H3. The van der Waals surface area contributed by atoms with Crippen LogP contribution in [0.2, 0.25) is 0 Å². The maximum absolute atomic E-state index is 12.9. The molecule has 3 unspecified atom stereocenters. The molecule has 3 atom stereocenters. The Bertz CT molecular complexity index is 229. The molecule has 17 heavy (non-hydrogen) atoms. The smallest absolute Gasteiger partial charge is 0.377 e. The SMILES string of the molecule is CCC(N)C(N(C)CC1CCCO1)C(F)(F)F. The molecule has 1 saturated heterocycles. The molecular weight excluding hydrogens is 233 g/mol. The Morgan fingerprint density at radius 2 is 2.12 bits per heavy atom. The molecule has 2 N–H and O–H groups in total. The van der Waals surface area contributed by atoms with E-state index in [-0.39, 0.29) is 12.6 Å². The van der Waals surface area contributed by atoms with Gasteiger partial charge in [0.2, 0.25) is 0 Å². The maximum Gasteiger partial charge on any atom is 0.405 e. The quantitative estimate of drug-likeness (QED) is 0.812. The van der Waals surface area contributed by atoms with Crippen LogP contribution in [0.4, 0.5) is 13.2 Å². The zero-order chi connectivity index (χ0) is 13.1. The number of halogens is 3. The summed E-state index contributed by atoms with van der Waals surface area (Å²) in [6, 6.07) is -2.47. The first-order valence-corrected chi connectivity index (χ1v) is 6.00. The predicted molar refractivity (Wildman–Crippen MR) is 59.7 cm³/mol. The van der Waals surface area contributed by atoms with Gasteiger partial charge >= 0.3 is 6.18 Å². The fourth-order valence-electron chi connectivity index (χ4n) is 2.27. The lowest BCUT2D eigenvalue weighted by Gasteiger charge is -2.34. The Hall–Kier alpha value is -0.330. The number of ether oxygens (including phenoxy) is 1. The normalized spacial score (nSPS) is 25.2. The van der Waals surface area contributed by atoms with Crippen molar-refractivity contribution in [3.05, 3.63) is 0 Å². The maximum atomic E-state index is 12.9. The van der Waals surface area contributed by atoms with Crippen LogP contribution in [0, 0.1) is 0 Å². The van der Waals surface area contributed by atoms with Gasteiger partial charge in [-0.1, -0.05) is 6.92 Å². The lowest BCUT2D eigenvalue weighted by atomic mass is 10.0. The van der Waals surface area contributed by atoms with Crippen LogP contribution in [0.1, 0.15) is 26.2 Å². The van der Waals surface area contributed by atoms with E-state index < -0.39 is 18.3 Å². The molecule has 0 aliphatic carbocycles. The van der Waals surface area contributed by atoms with Crippen molar-refractivity contribution >= 4 is 0 Å². The highest BCUT2D eigenvalue weighted by atomic mass is 19.4. The summed E-state index contributed by atoms with van der Waals surface area (Å²) in [5.41, 5.74) is 5.58. The van der Waals surface area contributed by atoms with Crippen molar-refractivity contribution in [2.24, 2.45) is 5.73 Å². The molecule has 1 fully saturated rings. The van der Waals surface area contributed by atoms with Crippen LogP contribution in [0.3, 0.4) is 0 Å². The summed E-state index contributed by atoms with van der Waals surface area (Å²) in [6.07, 6.45) is -2.32. The highest BCUT2D eigenvalue weighted by Crippen LogP contribution is 2.28. The number of hydrogen-bond acceptors (Lipinski definition) is 3. The number of likely N-dealkylation sites (N-methyl/N-ethyl adjacent to an activating group) is 1. The van der Waals surface area contributed by atoms with Gasteiger partial charge in [-0.15, -0.1) is 0 Å². The van der Waals surface area contributed by atoms with Gasteiger partial charge in [-0.2, -0.15) is 13.2 Å². The largest absolute Gasteiger partial charge is 0.405 e. The minimum atomic E-state index is -4.29. The third-order valence-electron chi connectivity index (χ3n) is 3.20. The van der Waals surface area contributed by atoms with E-state index in [9.17, 15) is 13.2 Å². The van der Waals surface area contributed by atoms with E-state index in [1.165, 1.54) is 11.9 Å². The van der Waals surface area contributed by atoms with Gasteiger partial charge in [0.1, 0.15) is 6.04 Å². The number of nitrogens with zero attached hydrogens (tertiary/aromatic N) is 1. The molecular formula is C11H21F3N2O. The second kappa shape index (κ2) is 6.02. The second-order valence-electron chi connectivity index (χ2n) is 4.63. The summed E-state index contributed by atoms with van der Waals surface area (Å²) in [7, 11) is 1.47. The molecule has 102 valence electrons. The zero-order valence-electron chi connectivity index (χ0n) is 10.3. The van der Waals surface area contributed by atoms with Crippen LogP contribution >= 0.6 is 0 Å². The molecule has 1 aliphatic rings. The number of nitrogens with two attached hydrogens (primary N) is 1. The van der Waals surface area contributed by atoms with E-state index in [0.29, 0.717) is 13.0 Å². The lowest BCUT2D eigenvalue weighted by Crippen LogP contribution is -2.56. The van der Waals surface area contributed by atoms with Crippen molar-refractivity contribution in [3.63, 3.8) is 0 Å². The van der Waals surface area contributed by atoms with E-state index in [1.54, 1.807) is 6.92 Å². The zero-order valence-corrected chi connectivity index (χ0v) is 10.3. The predicted octanol–water partition coefficient (Wildman–Crippen LogP) is 1.77. The first kappa shape index (κ1) is 14.7. The van der Waals surface area contributed by atoms with E-state index in [0.717, 1.165) is 12.8 Å². The van der Waals surface area contributed by atoms with E-state index in [2.05, 4.69) is 0 Å². The number of rotatable bonds is 5. The molecule has 1 rings (SSSR count). The van der Waals surface area contributed by atoms with Crippen LogP contribution in [0.15, 0.2) is 0 Å². The van der Waals surface area contributed by atoms with Crippen molar-refractivity contribution in [1.29, 1.82) is 0 Å². The van der Waals surface area contributed by atoms with E-state index in [1.807, 2.05) is 0 Å². The fourth-order valence-corrected chi connectivity index (χ4v) is 2.27. The molecule has 1 aliphatic heterocycles. The van der Waals surface area contributed by atoms with Gasteiger partial charge in [0.15, 0.2) is 0 Å². The molecule has 0 radical (unpaired) electrons. The lowest BCUT2D eigenvalue weighted by molar-refractivity contribution is -0.188. The molecule has 0 bridgehead atoms. The third-order valence-corrected chi connectivity index (χ3v) is 3.20. The molecule has 0 amide bonds. The van der Waals surface area contributed by atoms with Gasteiger partial charge < -0.3 is 10.5 Å². The third kappa shape index (κ3) is 4.12. The van der Waals surface area contributed by atoms with Crippen molar-refractivity contribution < 1.29 is 17.9 Å². The Balaban J connectivity index is 2.61. The summed E-state index contributed by atoms with van der Waals surface area (Å²) in [6.45, 7) is 2.61. The monoisotopic (exact) mass is 254 g/mol. The number of alkyl halides is 3. The van der Waals surface area contributed by atoms with Gasteiger partial charge in [-0.25, -0.2) is 0 Å². The summed E-state index contributed by atoms with van der Waals surface area (Å²) >= 11 is 0. The van der Waals surface area contributed by atoms with Gasteiger partial charge in [-0.05, 0) is 26.3 Å². The fraction of sp³-hybridized carbons (Fsp3) is 1.00. The van der Waals surface area contributed by atoms with Crippen LogP contribution in [0.5, 0.6) is 0 Å². The minimum Gasteiger partial charge on any atom is -0.377 e. The van der Waals surface area contributed by atoms with Crippen LogP contribution < -0.4 is 5.73 Å². The van der Waals surface area contributed by atoms with Gasteiger partial charge in [0, 0.05) is 19.2 Å². The summed E-state index contributed by atoms with van der Waals surface area (Å²) < 4.78 is 44.1. The Kier molecular flexibility index (Phi) is 5.22. The molecule has 0 saturated carbocycles. The van der Waals surface area contributed by atoms with Crippen molar-refractivity contribution in [3.8, 4) is 0 Å². The highest BCUT2D eigenvalue weighted by Gasteiger charge is 2.45. The van der Waals surface area contributed by atoms with Crippen LogP contribution in [-0.2, 0) is 4.74 Å². The summed E-state index contributed by atoms with van der Waals surface area (Å²) in [4.78, 5) is 1.28. The topological polar surface area (TPSA) is 38.5 Å². The Labute approximate surface area is 100 Å². The first-order chi connectivity index (χ1) is 7.86. The molecule has 0 aromatic rings. The summed E-state index contributed by atoms with van der Waals surface area (Å²) in [5, 5.41) is 0. The van der Waals surface area contributed by atoms with Gasteiger partial charge in [-0.3, -0.25) is 4.90 Å².